The predicted molar refractivity (Wildman–Crippen MR) is 145 cm³/mol. The van der Waals surface area contributed by atoms with Crippen molar-refractivity contribution in [3.8, 4) is 0 Å². The quantitative estimate of drug-likeness (QED) is 0.200. The smallest absolute Gasteiger partial charge is 0.306 e. The Balaban J connectivity index is 1.73. The van der Waals surface area contributed by atoms with Crippen molar-refractivity contribution in [3.63, 3.8) is 0 Å². The van der Waals surface area contributed by atoms with E-state index < -0.39 is 42.4 Å². The number of benzene rings is 1. The van der Waals surface area contributed by atoms with Crippen LogP contribution in [-0.2, 0) is 35.1 Å². The molecular formula is C24H26ClIN6O6. The topological polar surface area (TPSA) is 147 Å². The van der Waals surface area contributed by atoms with E-state index in [1.165, 1.54) is 17.9 Å². The van der Waals surface area contributed by atoms with Crippen molar-refractivity contribution >= 4 is 69.0 Å². The minimum Gasteiger partial charge on any atom is -0.455 e. The zero-order chi connectivity index (χ0) is 27.4. The number of hydrogen-bond donors (Lipinski definition) is 2. The highest BCUT2D eigenvalue weighted by Crippen LogP contribution is 2.37. The minimum atomic E-state index is -1.25. The number of hydrogen-bond acceptors (Lipinski definition) is 10. The Labute approximate surface area is 236 Å². The Morgan fingerprint density at radius 2 is 1.84 bits per heavy atom. The Hall–Kier alpha value is -3.04. The van der Waals surface area contributed by atoms with E-state index >= 15 is 0 Å². The zero-order valence-electron chi connectivity index (χ0n) is 20.8. The van der Waals surface area contributed by atoms with Crippen molar-refractivity contribution in [3.05, 3.63) is 45.0 Å². The highest BCUT2D eigenvalue weighted by molar-refractivity contribution is 14.1. The summed E-state index contributed by atoms with van der Waals surface area (Å²) in [5.74, 6) is -1.30. The number of aromatic nitrogens is 4. The first kappa shape index (κ1) is 28.0. The molecule has 1 aliphatic heterocycles. The van der Waals surface area contributed by atoms with E-state index in [-0.39, 0.29) is 23.8 Å². The molecule has 2 N–H and O–H groups in total. The van der Waals surface area contributed by atoms with Crippen molar-refractivity contribution < 1.29 is 28.6 Å². The van der Waals surface area contributed by atoms with Gasteiger partial charge in [-0.15, -0.1) is 0 Å². The van der Waals surface area contributed by atoms with Crippen LogP contribution in [0.2, 0.25) is 5.28 Å². The summed E-state index contributed by atoms with van der Waals surface area (Å²) >= 11 is 8.50. The second-order valence-electron chi connectivity index (χ2n) is 8.33. The zero-order valence-corrected chi connectivity index (χ0v) is 23.7. The number of likely N-dealkylation sites (N-methyl/N-ethyl adjacent to an activating group) is 1. The first-order chi connectivity index (χ1) is 18.2. The molecule has 0 radical (unpaired) electrons. The number of nitrogens with one attached hydrogen (secondary N) is 2. The molecule has 4 rings (SSSR count). The van der Waals surface area contributed by atoms with E-state index in [1.807, 2.05) is 24.3 Å². The molecule has 0 unspecified atom stereocenters. The Bertz CT molecular complexity index is 1350. The normalized spacial score (nSPS) is 20.8. The van der Waals surface area contributed by atoms with Gasteiger partial charge in [0, 0.05) is 30.0 Å². The number of rotatable bonds is 9. The van der Waals surface area contributed by atoms with Gasteiger partial charge in [-0.3, -0.25) is 19.0 Å². The van der Waals surface area contributed by atoms with Gasteiger partial charge in [0.05, 0.1) is 6.33 Å². The second-order valence-corrected chi connectivity index (χ2v) is 9.91. The molecule has 14 heteroatoms. The monoisotopic (exact) mass is 656 g/mol. The highest BCUT2D eigenvalue weighted by atomic mass is 127. The van der Waals surface area contributed by atoms with Crippen LogP contribution < -0.4 is 10.6 Å². The van der Waals surface area contributed by atoms with Gasteiger partial charge in [-0.1, -0.05) is 26.0 Å². The number of esters is 2. The summed E-state index contributed by atoms with van der Waals surface area (Å²) in [7, 11) is 1.43. The largest absolute Gasteiger partial charge is 0.455 e. The van der Waals surface area contributed by atoms with E-state index in [0.29, 0.717) is 17.9 Å². The standard InChI is InChI=1S/C24H26ClIN6O6/c1-4-14(33)36-17-18(22(35)27-3)38-23(19(17)37-15(34)5-2)32-11-29-16-20(30-24(25)31-21(16)32)28-10-12-7-6-8-13(26)9-12/h6-9,11,17-19,23H,4-5,10H2,1-3H3,(H,27,35)(H,28,30,31)/t17-,18+,19-,23-/m1/s1. The van der Waals surface area contributed by atoms with Crippen LogP contribution in [0.3, 0.4) is 0 Å². The van der Waals surface area contributed by atoms with Crippen molar-refractivity contribution in [2.24, 2.45) is 0 Å². The molecule has 1 aliphatic rings. The number of carbonyl (C=O) groups is 3. The number of amides is 1. The SMILES string of the molecule is CCC(=O)O[C@@H]1[C@H](OC(=O)CC)[C@@H](C(=O)NC)O[C@H]1n1cnc2c(NCc3cccc(I)c3)nc(Cl)nc21. The average Bonchev–Trinajstić information content (AvgIpc) is 3.47. The number of anilines is 1. The fourth-order valence-electron chi connectivity index (χ4n) is 3.97. The maximum atomic E-state index is 12.7. The Morgan fingerprint density at radius 1 is 1.13 bits per heavy atom. The summed E-state index contributed by atoms with van der Waals surface area (Å²) in [6, 6.07) is 7.95. The molecule has 3 heterocycles. The predicted octanol–water partition coefficient (Wildman–Crippen LogP) is 2.98. The number of ether oxygens (including phenoxy) is 3. The van der Waals surface area contributed by atoms with E-state index in [4.69, 9.17) is 25.8 Å². The molecule has 1 saturated heterocycles. The summed E-state index contributed by atoms with van der Waals surface area (Å²) < 4.78 is 19.8. The van der Waals surface area contributed by atoms with Crippen molar-refractivity contribution in [2.45, 2.75) is 57.8 Å². The molecule has 0 saturated carbocycles. The van der Waals surface area contributed by atoms with E-state index in [0.717, 1.165) is 9.13 Å². The van der Waals surface area contributed by atoms with Gasteiger partial charge in [-0.25, -0.2) is 4.98 Å². The van der Waals surface area contributed by atoms with Crippen LogP contribution in [0.5, 0.6) is 0 Å². The first-order valence-corrected chi connectivity index (χ1v) is 13.4. The van der Waals surface area contributed by atoms with Gasteiger partial charge in [0.25, 0.3) is 5.91 Å². The molecule has 202 valence electrons. The van der Waals surface area contributed by atoms with Crippen molar-refractivity contribution in [1.82, 2.24) is 24.8 Å². The average molecular weight is 657 g/mol. The van der Waals surface area contributed by atoms with Crippen LogP contribution in [0.15, 0.2) is 30.6 Å². The summed E-state index contributed by atoms with van der Waals surface area (Å²) in [6.07, 6.45) is -3.15. The van der Waals surface area contributed by atoms with Crippen LogP contribution in [0, 0.1) is 3.57 Å². The lowest BCUT2D eigenvalue weighted by atomic mass is 10.1. The van der Waals surface area contributed by atoms with Crippen LogP contribution in [0.1, 0.15) is 38.5 Å². The molecule has 1 aromatic carbocycles. The summed E-state index contributed by atoms with van der Waals surface area (Å²) in [5.41, 5.74) is 1.68. The fraction of sp³-hybridized carbons (Fsp3) is 0.417. The van der Waals surface area contributed by atoms with Gasteiger partial charge in [-0.05, 0) is 51.9 Å². The third-order valence-corrected chi connectivity index (χ3v) is 6.66. The molecule has 38 heavy (non-hydrogen) atoms. The maximum Gasteiger partial charge on any atom is 0.306 e. The van der Waals surface area contributed by atoms with Gasteiger partial charge in [0.15, 0.2) is 41.5 Å². The molecule has 0 aliphatic carbocycles. The number of carbonyl (C=O) groups excluding carboxylic acids is 3. The molecule has 2 aromatic heterocycles. The second kappa shape index (κ2) is 12.2. The van der Waals surface area contributed by atoms with E-state index in [9.17, 15) is 14.4 Å². The van der Waals surface area contributed by atoms with Gasteiger partial charge >= 0.3 is 11.9 Å². The van der Waals surface area contributed by atoms with Crippen LogP contribution >= 0.6 is 34.2 Å². The van der Waals surface area contributed by atoms with E-state index in [1.54, 1.807) is 13.8 Å². The first-order valence-electron chi connectivity index (χ1n) is 11.9. The molecule has 1 fully saturated rings. The molecule has 0 bridgehead atoms. The number of fused-ring (bicyclic) bond motifs is 1. The molecule has 1 amide bonds. The Kier molecular flexibility index (Phi) is 8.99. The molecule has 12 nitrogen and oxygen atoms in total. The molecule has 0 spiro atoms. The maximum absolute atomic E-state index is 12.7. The molecular weight excluding hydrogens is 631 g/mol. The number of imidazole rings is 1. The van der Waals surface area contributed by atoms with Crippen LogP contribution in [0.25, 0.3) is 11.2 Å². The van der Waals surface area contributed by atoms with Crippen molar-refractivity contribution in [1.29, 1.82) is 0 Å². The lowest BCUT2D eigenvalue weighted by molar-refractivity contribution is -0.168. The molecule has 4 atom stereocenters. The summed E-state index contributed by atoms with van der Waals surface area (Å²) in [4.78, 5) is 50.3. The van der Waals surface area contributed by atoms with Gasteiger partial charge in [-0.2, -0.15) is 9.97 Å². The summed E-state index contributed by atoms with van der Waals surface area (Å²) in [6.45, 7) is 3.70. The van der Waals surface area contributed by atoms with Crippen molar-refractivity contribution in [2.75, 3.05) is 12.4 Å². The highest BCUT2D eigenvalue weighted by Gasteiger charge is 2.53. The minimum absolute atomic E-state index is 0.0543. The Morgan fingerprint density at radius 3 is 2.50 bits per heavy atom. The summed E-state index contributed by atoms with van der Waals surface area (Å²) in [5, 5.41) is 5.67. The number of nitrogens with zero attached hydrogens (tertiary/aromatic N) is 4. The van der Waals surface area contributed by atoms with Gasteiger partial charge < -0.3 is 24.8 Å². The fourth-order valence-corrected chi connectivity index (χ4v) is 4.75. The lowest BCUT2D eigenvalue weighted by Crippen LogP contribution is -2.45. The van der Waals surface area contributed by atoms with Gasteiger partial charge in [0.2, 0.25) is 5.28 Å². The van der Waals surface area contributed by atoms with E-state index in [2.05, 4.69) is 48.2 Å². The third kappa shape index (κ3) is 5.99. The number of halogens is 2. The molecule has 3 aromatic rings. The van der Waals surface area contributed by atoms with Crippen LogP contribution in [0.4, 0.5) is 5.82 Å². The van der Waals surface area contributed by atoms with Gasteiger partial charge in [0.1, 0.15) is 0 Å². The third-order valence-electron chi connectivity index (χ3n) is 5.82. The van der Waals surface area contributed by atoms with Crippen LogP contribution in [-0.4, -0.2) is 62.7 Å². The lowest BCUT2D eigenvalue weighted by Gasteiger charge is -2.24.